The molecule has 0 aliphatic carbocycles. The zero-order chi connectivity index (χ0) is 13.4. The van der Waals surface area contributed by atoms with Gasteiger partial charge < -0.3 is 10.1 Å². The van der Waals surface area contributed by atoms with E-state index in [9.17, 15) is 4.39 Å². The Morgan fingerprint density at radius 1 is 1.33 bits per heavy atom. The van der Waals surface area contributed by atoms with Gasteiger partial charge in [-0.3, -0.25) is 0 Å². The smallest absolute Gasteiger partial charge is 0.129 e. The van der Waals surface area contributed by atoms with Crippen LogP contribution in [0.15, 0.2) is 22.7 Å². The molecule has 0 aromatic heterocycles. The van der Waals surface area contributed by atoms with Crippen molar-refractivity contribution >= 4 is 15.9 Å². The Kier molecular flexibility index (Phi) is 7.47. The van der Waals surface area contributed by atoms with Gasteiger partial charge in [0, 0.05) is 16.6 Å². The summed E-state index contributed by atoms with van der Waals surface area (Å²) in [4.78, 5) is 0. The minimum absolute atomic E-state index is 0.105. The minimum atomic E-state index is -0.196. The van der Waals surface area contributed by atoms with Gasteiger partial charge in [0.05, 0.1) is 12.6 Å². The second-order valence-corrected chi connectivity index (χ2v) is 5.07. The largest absolute Gasteiger partial charge is 0.379 e. The molecule has 18 heavy (non-hydrogen) atoms. The third kappa shape index (κ3) is 4.67. The van der Waals surface area contributed by atoms with Gasteiger partial charge in [-0.05, 0) is 31.5 Å². The van der Waals surface area contributed by atoms with E-state index in [4.69, 9.17) is 4.74 Å². The molecular weight excluding hydrogens is 297 g/mol. The highest BCUT2D eigenvalue weighted by molar-refractivity contribution is 9.10. The molecule has 0 aliphatic rings. The number of hydrogen-bond acceptors (Lipinski definition) is 2. The highest BCUT2D eigenvalue weighted by Gasteiger charge is 2.18. The molecule has 2 nitrogen and oxygen atoms in total. The molecule has 0 bridgehead atoms. The molecule has 0 radical (unpaired) electrons. The summed E-state index contributed by atoms with van der Waals surface area (Å²) in [6.07, 6.45) is 1.98. The lowest BCUT2D eigenvalue weighted by atomic mass is 10.1. The van der Waals surface area contributed by atoms with Crippen molar-refractivity contribution < 1.29 is 9.13 Å². The quantitative estimate of drug-likeness (QED) is 0.730. The molecule has 1 rings (SSSR count). The molecule has 1 aromatic rings. The fourth-order valence-corrected chi connectivity index (χ4v) is 2.37. The van der Waals surface area contributed by atoms with Crippen LogP contribution in [0.4, 0.5) is 4.39 Å². The van der Waals surface area contributed by atoms with Crippen molar-refractivity contribution in [2.75, 3.05) is 19.8 Å². The van der Waals surface area contributed by atoms with Crippen LogP contribution in [0.3, 0.4) is 0 Å². The number of benzene rings is 1. The molecule has 0 amide bonds. The van der Waals surface area contributed by atoms with Gasteiger partial charge in [0.25, 0.3) is 0 Å². The van der Waals surface area contributed by atoms with E-state index in [2.05, 4.69) is 35.1 Å². The van der Waals surface area contributed by atoms with Crippen molar-refractivity contribution in [1.29, 1.82) is 0 Å². The first kappa shape index (κ1) is 15.6. The fraction of sp³-hybridized carbons (Fsp3) is 0.571. The maximum atomic E-state index is 13.9. The summed E-state index contributed by atoms with van der Waals surface area (Å²) in [7, 11) is 0. The van der Waals surface area contributed by atoms with Crippen molar-refractivity contribution in [2.24, 2.45) is 0 Å². The maximum absolute atomic E-state index is 13.9. The molecule has 0 aliphatic heterocycles. The Morgan fingerprint density at radius 2 is 2.11 bits per heavy atom. The topological polar surface area (TPSA) is 21.3 Å². The van der Waals surface area contributed by atoms with Crippen LogP contribution in [0.5, 0.6) is 0 Å². The van der Waals surface area contributed by atoms with Gasteiger partial charge in [-0.15, -0.1) is 0 Å². The molecule has 0 saturated heterocycles. The predicted octanol–water partition coefficient (Wildman–Crippen LogP) is 4.06. The summed E-state index contributed by atoms with van der Waals surface area (Å²) < 4.78 is 20.3. The van der Waals surface area contributed by atoms with E-state index in [1.165, 1.54) is 6.07 Å². The van der Waals surface area contributed by atoms with Crippen LogP contribution in [0.2, 0.25) is 0 Å². The van der Waals surface area contributed by atoms with Gasteiger partial charge in [-0.1, -0.05) is 35.8 Å². The first-order chi connectivity index (χ1) is 8.70. The van der Waals surface area contributed by atoms with E-state index in [1.807, 2.05) is 6.07 Å². The number of rotatable bonds is 8. The summed E-state index contributed by atoms with van der Waals surface area (Å²) in [5, 5.41) is 3.33. The van der Waals surface area contributed by atoms with Crippen LogP contribution >= 0.6 is 15.9 Å². The van der Waals surface area contributed by atoms with Crippen LogP contribution in [0.1, 0.15) is 38.3 Å². The van der Waals surface area contributed by atoms with Crippen LogP contribution < -0.4 is 5.32 Å². The molecule has 1 aromatic carbocycles. The first-order valence-electron chi connectivity index (χ1n) is 6.45. The fourth-order valence-electron chi connectivity index (χ4n) is 1.75. The van der Waals surface area contributed by atoms with Crippen LogP contribution in [-0.2, 0) is 4.74 Å². The summed E-state index contributed by atoms with van der Waals surface area (Å²) >= 11 is 3.41. The maximum Gasteiger partial charge on any atom is 0.129 e. The predicted molar refractivity (Wildman–Crippen MR) is 76.2 cm³/mol. The molecule has 102 valence electrons. The van der Waals surface area contributed by atoms with Gasteiger partial charge >= 0.3 is 0 Å². The van der Waals surface area contributed by atoms with Gasteiger partial charge in [-0.25, -0.2) is 4.39 Å². The number of hydrogen-bond donors (Lipinski definition) is 1. The SMILES string of the molecule is CCCNC(COCCC)c1c(F)cccc1Br. The minimum Gasteiger partial charge on any atom is -0.379 e. The highest BCUT2D eigenvalue weighted by atomic mass is 79.9. The molecular formula is C14H21BrFNO. The Balaban J connectivity index is 2.79. The Labute approximate surface area is 117 Å². The summed E-state index contributed by atoms with van der Waals surface area (Å²) in [5.41, 5.74) is 0.655. The summed E-state index contributed by atoms with van der Waals surface area (Å²) in [6.45, 7) is 6.20. The van der Waals surface area contributed by atoms with E-state index in [0.29, 0.717) is 18.8 Å². The zero-order valence-corrected chi connectivity index (χ0v) is 12.6. The van der Waals surface area contributed by atoms with Gasteiger partial charge in [0.1, 0.15) is 5.82 Å². The molecule has 0 spiro atoms. The van der Waals surface area contributed by atoms with Crippen LogP contribution in [0.25, 0.3) is 0 Å². The first-order valence-corrected chi connectivity index (χ1v) is 7.25. The third-order valence-electron chi connectivity index (χ3n) is 2.62. The number of nitrogens with one attached hydrogen (secondary N) is 1. The van der Waals surface area contributed by atoms with Gasteiger partial charge in [0.2, 0.25) is 0 Å². The van der Waals surface area contributed by atoms with E-state index in [1.54, 1.807) is 6.07 Å². The second kappa shape index (κ2) is 8.62. The number of ether oxygens (including phenoxy) is 1. The lowest BCUT2D eigenvalue weighted by Crippen LogP contribution is -2.27. The highest BCUT2D eigenvalue weighted by Crippen LogP contribution is 2.26. The van der Waals surface area contributed by atoms with Gasteiger partial charge in [0.15, 0.2) is 0 Å². The molecule has 1 N–H and O–H groups in total. The molecule has 0 heterocycles. The normalized spacial score (nSPS) is 12.7. The Hall–Kier alpha value is -0.450. The number of halogens is 2. The van der Waals surface area contributed by atoms with Crippen molar-refractivity contribution in [1.82, 2.24) is 5.32 Å². The molecule has 0 saturated carbocycles. The van der Waals surface area contributed by atoms with Crippen molar-refractivity contribution in [3.05, 3.63) is 34.1 Å². The molecule has 4 heteroatoms. The van der Waals surface area contributed by atoms with E-state index < -0.39 is 0 Å². The van der Waals surface area contributed by atoms with Gasteiger partial charge in [-0.2, -0.15) is 0 Å². The average molecular weight is 318 g/mol. The molecule has 0 fully saturated rings. The Morgan fingerprint density at radius 3 is 2.72 bits per heavy atom. The second-order valence-electron chi connectivity index (χ2n) is 4.22. The van der Waals surface area contributed by atoms with Crippen molar-refractivity contribution in [2.45, 2.75) is 32.7 Å². The zero-order valence-electron chi connectivity index (χ0n) is 11.0. The van der Waals surface area contributed by atoms with Crippen LogP contribution in [0, 0.1) is 5.82 Å². The molecule has 1 atom stereocenters. The Bertz CT molecular complexity index is 339. The summed E-state index contributed by atoms with van der Waals surface area (Å²) in [6, 6.07) is 4.94. The standard InChI is InChI=1S/C14H21BrFNO/c1-3-8-17-13(10-18-9-4-2)14-11(15)6-5-7-12(14)16/h5-7,13,17H,3-4,8-10H2,1-2H3. The van der Waals surface area contributed by atoms with E-state index in [-0.39, 0.29) is 11.9 Å². The van der Waals surface area contributed by atoms with E-state index in [0.717, 1.165) is 23.9 Å². The summed E-state index contributed by atoms with van der Waals surface area (Å²) in [5.74, 6) is -0.196. The van der Waals surface area contributed by atoms with E-state index >= 15 is 0 Å². The third-order valence-corrected chi connectivity index (χ3v) is 3.31. The van der Waals surface area contributed by atoms with Crippen LogP contribution in [-0.4, -0.2) is 19.8 Å². The average Bonchev–Trinajstić information content (AvgIpc) is 2.35. The molecule has 1 unspecified atom stereocenters. The lowest BCUT2D eigenvalue weighted by Gasteiger charge is -2.20. The van der Waals surface area contributed by atoms with Crippen molar-refractivity contribution in [3.63, 3.8) is 0 Å². The van der Waals surface area contributed by atoms with Crippen molar-refractivity contribution in [3.8, 4) is 0 Å². The monoisotopic (exact) mass is 317 g/mol. The lowest BCUT2D eigenvalue weighted by molar-refractivity contribution is 0.111.